The van der Waals surface area contributed by atoms with Gasteiger partial charge in [0, 0.05) is 38.4 Å². The molecule has 0 saturated carbocycles. The zero-order valence-electron chi connectivity index (χ0n) is 9.83. The Labute approximate surface area is 91.6 Å². The summed E-state index contributed by atoms with van der Waals surface area (Å²) in [6.07, 6.45) is 2.67. The summed E-state index contributed by atoms with van der Waals surface area (Å²) in [5.74, 6) is 1.27. The first-order valence-corrected chi connectivity index (χ1v) is 6.32. The molecule has 0 aliphatic heterocycles. The van der Waals surface area contributed by atoms with Crippen molar-refractivity contribution in [3.05, 3.63) is 0 Å². The van der Waals surface area contributed by atoms with Crippen LogP contribution in [0.3, 0.4) is 0 Å². The molecule has 2 unspecified atom stereocenters. The second-order valence-electron chi connectivity index (χ2n) is 3.92. The average Bonchev–Trinajstić information content (AvgIpc) is 2.03. The van der Waals surface area contributed by atoms with Crippen molar-refractivity contribution in [2.75, 3.05) is 26.1 Å². The molecule has 1 N–H and O–H groups in total. The lowest BCUT2D eigenvalue weighted by Crippen LogP contribution is -2.39. The van der Waals surface area contributed by atoms with Crippen molar-refractivity contribution in [2.24, 2.45) is 0 Å². The molecule has 0 aromatic carbocycles. The second-order valence-corrected chi connectivity index (χ2v) is 4.83. The van der Waals surface area contributed by atoms with E-state index in [0.717, 1.165) is 5.75 Å². The molecular weight excluding hydrogens is 196 g/mol. The average molecular weight is 218 g/mol. The predicted octanol–water partition coefficient (Wildman–Crippen LogP) is 1.19. The normalized spacial score (nSPS) is 14.9. The summed E-state index contributed by atoms with van der Waals surface area (Å²) in [6.45, 7) is 4.20. The van der Waals surface area contributed by atoms with Crippen LogP contribution in [0.5, 0.6) is 0 Å². The first kappa shape index (κ1) is 13.8. The molecule has 0 heterocycles. The fraction of sp³-hybridized carbons (Fsp3) is 0.900. The number of carbonyl (C=O) groups excluding carboxylic acids is 1. The number of thioether (sulfide) groups is 1. The molecule has 0 fully saturated rings. The Morgan fingerprint density at radius 3 is 2.36 bits per heavy atom. The van der Waals surface area contributed by atoms with Gasteiger partial charge in [0.2, 0.25) is 5.91 Å². The zero-order chi connectivity index (χ0) is 11.1. The van der Waals surface area contributed by atoms with Gasteiger partial charge in [-0.2, -0.15) is 11.8 Å². The molecule has 0 radical (unpaired) electrons. The number of hydrogen-bond acceptors (Lipinski definition) is 3. The van der Waals surface area contributed by atoms with Crippen molar-refractivity contribution in [2.45, 2.75) is 32.4 Å². The van der Waals surface area contributed by atoms with Crippen LogP contribution in [0.1, 0.15) is 20.3 Å². The van der Waals surface area contributed by atoms with Gasteiger partial charge >= 0.3 is 0 Å². The molecule has 0 spiro atoms. The first-order valence-electron chi connectivity index (χ1n) is 4.92. The third-order valence-electron chi connectivity index (χ3n) is 1.97. The van der Waals surface area contributed by atoms with Gasteiger partial charge in [0.15, 0.2) is 0 Å². The van der Waals surface area contributed by atoms with Crippen molar-refractivity contribution < 1.29 is 4.79 Å². The van der Waals surface area contributed by atoms with Gasteiger partial charge in [0.25, 0.3) is 0 Å². The van der Waals surface area contributed by atoms with Gasteiger partial charge in [-0.1, -0.05) is 0 Å². The maximum absolute atomic E-state index is 11.4. The van der Waals surface area contributed by atoms with Crippen molar-refractivity contribution in [3.63, 3.8) is 0 Å². The van der Waals surface area contributed by atoms with E-state index in [4.69, 9.17) is 0 Å². The molecule has 14 heavy (non-hydrogen) atoms. The van der Waals surface area contributed by atoms with Gasteiger partial charge in [-0.15, -0.1) is 0 Å². The van der Waals surface area contributed by atoms with E-state index in [-0.39, 0.29) is 11.9 Å². The van der Waals surface area contributed by atoms with E-state index in [1.807, 2.05) is 11.8 Å². The van der Waals surface area contributed by atoms with E-state index in [1.54, 1.807) is 19.0 Å². The summed E-state index contributed by atoms with van der Waals surface area (Å²) in [6, 6.07) is 0.724. The summed E-state index contributed by atoms with van der Waals surface area (Å²) in [5, 5.41) is 3.40. The SMILES string of the molecule is CSCC(C)NC(C)CC(=O)N(C)C. The van der Waals surface area contributed by atoms with E-state index in [9.17, 15) is 4.79 Å². The number of nitrogens with zero attached hydrogens (tertiary/aromatic N) is 1. The van der Waals surface area contributed by atoms with E-state index >= 15 is 0 Å². The highest BCUT2D eigenvalue weighted by Gasteiger charge is 2.12. The molecule has 0 aliphatic rings. The Morgan fingerprint density at radius 1 is 1.36 bits per heavy atom. The van der Waals surface area contributed by atoms with Crippen LogP contribution in [-0.2, 0) is 4.79 Å². The Balaban J connectivity index is 3.74. The van der Waals surface area contributed by atoms with Gasteiger partial charge in [-0.25, -0.2) is 0 Å². The second kappa shape index (κ2) is 7.12. The molecule has 0 saturated heterocycles. The number of amides is 1. The third kappa shape index (κ3) is 6.27. The molecule has 4 heteroatoms. The largest absolute Gasteiger partial charge is 0.349 e. The number of hydrogen-bond donors (Lipinski definition) is 1. The molecule has 84 valence electrons. The summed E-state index contributed by atoms with van der Waals surface area (Å²) < 4.78 is 0. The van der Waals surface area contributed by atoms with Crippen molar-refractivity contribution in [1.29, 1.82) is 0 Å². The highest BCUT2D eigenvalue weighted by atomic mass is 32.2. The first-order chi connectivity index (χ1) is 6.47. The topological polar surface area (TPSA) is 32.3 Å². The van der Waals surface area contributed by atoms with Crippen LogP contribution in [0.4, 0.5) is 0 Å². The third-order valence-corrected chi connectivity index (χ3v) is 2.80. The summed E-state index contributed by atoms with van der Waals surface area (Å²) >= 11 is 1.82. The van der Waals surface area contributed by atoms with E-state index in [1.165, 1.54) is 0 Å². The zero-order valence-corrected chi connectivity index (χ0v) is 10.6. The highest BCUT2D eigenvalue weighted by Crippen LogP contribution is 2.00. The molecule has 0 rings (SSSR count). The molecule has 1 amide bonds. The lowest BCUT2D eigenvalue weighted by atomic mass is 10.2. The molecule has 0 aromatic rings. The molecule has 0 aliphatic carbocycles. The Hall–Kier alpha value is -0.220. The minimum absolute atomic E-state index is 0.182. The number of rotatable bonds is 6. The summed E-state index contributed by atoms with van der Waals surface area (Å²) in [5.41, 5.74) is 0. The van der Waals surface area contributed by atoms with Crippen LogP contribution in [0.25, 0.3) is 0 Å². The van der Waals surface area contributed by atoms with Crippen LogP contribution in [-0.4, -0.2) is 49.0 Å². The van der Waals surface area contributed by atoms with Gasteiger partial charge < -0.3 is 10.2 Å². The smallest absolute Gasteiger partial charge is 0.223 e. The maximum Gasteiger partial charge on any atom is 0.223 e. The van der Waals surface area contributed by atoms with Crippen LogP contribution < -0.4 is 5.32 Å². The van der Waals surface area contributed by atoms with E-state index in [0.29, 0.717) is 12.5 Å². The molecule has 0 bridgehead atoms. The molecular formula is C10H22N2OS. The van der Waals surface area contributed by atoms with Crippen LogP contribution >= 0.6 is 11.8 Å². The van der Waals surface area contributed by atoms with E-state index < -0.39 is 0 Å². The van der Waals surface area contributed by atoms with Crippen molar-refractivity contribution in [3.8, 4) is 0 Å². The molecule has 0 aromatic heterocycles. The van der Waals surface area contributed by atoms with Crippen LogP contribution in [0, 0.1) is 0 Å². The molecule has 2 atom stereocenters. The van der Waals surface area contributed by atoms with Gasteiger partial charge in [-0.3, -0.25) is 4.79 Å². The lowest BCUT2D eigenvalue weighted by molar-refractivity contribution is -0.129. The maximum atomic E-state index is 11.4. The fourth-order valence-corrected chi connectivity index (χ4v) is 1.88. The quantitative estimate of drug-likeness (QED) is 0.727. The predicted molar refractivity (Wildman–Crippen MR) is 63.8 cm³/mol. The van der Waals surface area contributed by atoms with Crippen LogP contribution in [0.2, 0.25) is 0 Å². The number of carbonyl (C=O) groups is 1. The van der Waals surface area contributed by atoms with E-state index in [2.05, 4.69) is 25.4 Å². The van der Waals surface area contributed by atoms with Crippen molar-refractivity contribution in [1.82, 2.24) is 10.2 Å². The summed E-state index contributed by atoms with van der Waals surface area (Å²) in [4.78, 5) is 13.0. The summed E-state index contributed by atoms with van der Waals surface area (Å²) in [7, 11) is 3.58. The Morgan fingerprint density at radius 2 is 1.93 bits per heavy atom. The molecule has 3 nitrogen and oxygen atoms in total. The Bertz CT molecular complexity index is 174. The minimum atomic E-state index is 0.182. The standard InChI is InChI=1S/C10H22N2OS/c1-8(6-10(13)12(3)4)11-9(2)7-14-5/h8-9,11H,6-7H2,1-5H3. The fourth-order valence-electron chi connectivity index (χ4n) is 1.29. The number of nitrogens with one attached hydrogen (secondary N) is 1. The Kier molecular flexibility index (Phi) is 7.01. The van der Waals surface area contributed by atoms with Crippen molar-refractivity contribution >= 4 is 17.7 Å². The van der Waals surface area contributed by atoms with Gasteiger partial charge in [0.05, 0.1) is 0 Å². The highest BCUT2D eigenvalue weighted by molar-refractivity contribution is 7.98. The minimum Gasteiger partial charge on any atom is -0.349 e. The van der Waals surface area contributed by atoms with Gasteiger partial charge in [0.1, 0.15) is 0 Å². The van der Waals surface area contributed by atoms with Gasteiger partial charge in [-0.05, 0) is 20.1 Å². The monoisotopic (exact) mass is 218 g/mol. The van der Waals surface area contributed by atoms with Crippen LogP contribution in [0.15, 0.2) is 0 Å². The lowest BCUT2D eigenvalue weighted by Gasteiger charge is -2.20.